The number of benzene rings is 1. The molecule has 20 heavy (non-hydrogen) atoms. The summed E-state index contributed by atoms with van der Waals surface area (Å²) in [6.07, 6.45) is 2.40. The lowest BCUT2D eigenvalue weighted by molar-refractivity contribution is 0.0954. The Labute approximate surface area is 126 Å². The lowest BCUT2D eigenvalue weighted by atomic mass is 10.1. The van der Waals surface area contributed by atoms with E-state index in [4.69, 9.17) is 5.73 Å². The second-order valence-electron chi connectivity index (χ2n) is 4.37. The number of pyridine rings is 1. The van der Waals surface area contributed by atoms with E-state index < -0.39 is 0 Å². The van der Waals surface area contributed by atoms with Crippen molar-refractivity contribution in [2.75, 3.05) is 6.54 Å². The molecule has 2 rings (SSSR count). The van der Waals surface area contributed by atoms with Crippen molar-refractivity contribution in [2.24, 2.45) is 5.73 Å². The monoisotopic (exact) mass is 333 g/mol. The van der Waals surface area contributed by atoms with Crippen LogP contribution in [0.15, 0.2) is 47.1 Å². The molecule has 3 N–H and O–H groups in total. The van der Waals surface area contributed by atoms with Gasteiger partial charge in [-0.15, -0.1) is 0 Å². The van der Waals surface area contributed by atoms with E-state index in [2.05, 4.69) is 26.2 Å². The fraction of sp³-hybridized carbons (Fsp3) is 0.200. The molecule has 0 saturated heterocycles. The minimum Gasteiger partial charge on any atom is -0.352 e. The number of nitrogens with zero attached hydrogens (tertiary/aromatic N) is 1. The van der Waals surface area contributed by atoms with Gasteiger partial charge in [0.1, 0.15) is 0 Å². The van der Waals surface area contributed by atoms with Crippen molar-refractivity contribution < 1.29 is 4.79 Å². The van der Waals surface area contributed by atoms with Gasteiger partial charge in [-0.05, 0) is 36.2 Å². The van der Waals surface area contributed by atoms with Crippen LogP contribution in [0.5, 0.6) is 0 Å². The van der Waals surface area contributed by atoms with E-state index in [1.54, 1.807) is 18.3 Å². The third-order valence-corrected chi connectivity index (χ3v) is 3.43. The fourth-order valence-electron chi connectivity index (χ4n) is 1.80. The number of aromatic nitrogens is 1. The van der Waals surface area contributed by atoms with Gasteiger partial charge in [0.05, 0.1) is 5.69 Å². The van der Waals surface area contributed by atoms with Crippen molar-refractivity contribution in [3.05, 3.63) is 63.9 Å². The Bertz CT molecular complexity index is 584. The van der Waals surface area contributed by atoms with Crippen LogP contribution in [0.4, 0.5) is 0 Å². The number of rotatable bonds is 5. The van der Waals surface area contributed by atoms with E-state index in [1.165, 1.54) is 5.56 Å². The third kappa shape index (κ3) is 4.15. The zero-order valence-corrected chi connectivity index (χ0v) is 12.6. The van der Waals surface area contributed by atoms with Gasteiger partial charge < -0.3 is 11.1 Å². The predicted molar refractivity (Wildman–Crippen MR) is 82.3 cm³/mol. The predicted octanol–water partition coefficient (Wildman–Crippen LogP) is 2.28. The molecule has 0 saturated carbocycles. The van der Waals surface area contributed by atoms with Gasteiger partial charge in [-0.3, -0.25) is 9.78 Å². The van der Waals surface area contributed by atoms with Crippen molar-refractivity contribution in [1.82, 2.24) is 10.3 Å². The Balaban J connectivity index is 1.87. The number of carbonyl (C=O) groups excluding carboxylic acids is 1. The van der Waals surface area contributed by atoms with Gasteiger partial charge in [0.25, 0.3) is 5.91 Å². The first-order valence-electron chi connectivity index (χ1n) is 6.36. The Hall–Kier alpha value is -1.72. The molecule has 1 aromatic heterocycles. The molecule has 0 radical (unpaired) electrons. The van der Waals surface area contributed by atoms with Crippen LogP contribution in [0, 0.1) is 0 Å². The van der Waals surface area contributed by atoms with Gasteiger partial charge in [0, 0.05) is 29.3 Å². The Kier molecular flexibility index (Phi) is 5.26. The summed E-state index contributed by atoms with van der Waals surface area (Å²) >= 11 is 3.40. The zero-order chi connectivity index (χ0) is 14.4. The molecular formula is C15H16BrN3O. The molecule has 5 heteroatoms. The summed E-state index contributed by atoms with van der Waals surface area (Å²) in [6, 6.07) is 11.5. The summed E-state index contributed by atoms with van der Waals surface area (Å²) in [5.41, 5.74) is 8.00. The van der Waals surface area contributed by atoms with Crippen LogP contribution in [0.1, 0.15) is 21.6 Å². The molecule has 0 aliphatic carbocycles. The summed E-state index contributed by atoms with van der Waals surface area (Å²) < 4.78 is 1.05. The Morgan fingerprint density at radius 2 is 2.00 bits per heavy atom. The Morgan fingerprint density at radius 3 is 2.70 bits per heavy atom. The number of hydrogen-bond acceptors (Lipinski definition) is 3. The van der Waals surface area contributed by atoms with Crippen molar-refractivity contribution in [1.29, 1.82) is 0 Å². The molecule has 1 aromatic carbocycles. The van der Waals surface area contributed by atoms with Crippen LogP contribution in [-0.4, -0.2) is 17.4 Å². The smallest absolute Gasteiger partial charge is 0.251 e. The highest BCUT2D eigenvalue weighted by Gasteiger charge is 2.05. The molecule has 104 valence electrons. The van der Waals surface area contributed by atoms with Gasteiger partial charge >= 0.3 is 0 Å². The van der Waals surface area contributed by atoms with E-state index in [0.29, 0.717) is 24.3 Å². The third-order valence-electron chi connectivity index (χ3n) is 2.90. The highest BCUT2D eigenvalue weighted by Crippen LogP contribution is 2.10. The molecule has 0 bridgehead atoms. The summed E-state index contributed by atoms with van der Waals surface area (Å²) in [5, 5.41) is 2.89. The number of halogens is 1. The lowest BCUT2D eigenvalue weighted by Gasteiger charge is -2.06. The maximum atomic E-state index is 12.0. The summed E-state index contributed by atoms with van der Waals surface area (Å²) in [5.74, 6) is -0.0980. The number of amides is 1. The van der Waals surface area contributed by atoms with Crippen LogP contribution in [-0.2, 0) is 13.0 Å². The van der Waals surface area contributed by atoms with E-state index in [9.17, 15) is 4.79 Å². The normalized spacial score (nSPS) is 10.3. The molecule has 0 atom stereocenters. The first kappa shape index (κ1) is 14.7. The molecule has 2 aromatic rings. The molecule has 0 fully saturated rings. The van der Waals surface area contributed by atoms with E-state index >= 15 is 0 Å². The molecule has 0 unspecified atom stereocenters. The maximum absolute atomic E-state index is 12.0. The van der Waals surface area contributed by atoms with Gasteiger partial charge in [-0.25, -0.2) is 0 Å². The van der Waals surface area contributed by atoms with Crippen molar-refractivity contribution in [3.63, 3.8) is 0 Å². The fourth-order valence-corrected chi connectivity index (χ4v) is 2.07. The highest BCUT2D eigenvalue weighted by atomic mass is 79.9. The summed E-state index contributed by atoms with van der Waals surface area (Å²) in [6.45, 7) is 0.931. The first-order chi connectivity index (χ1) is 9.69. The molecular weight excluding hydrogens is 318 g/mol. The van der Waals surface area contributed by atoms with Crippen LogP contribution >= 0.6 is 15.9 Å². The van der Waals surface area contributed by atoms with E-state index in [1.807, 2.05) is 24.3 Å². The first-order valence-corrected chi connectivity index (χ1v) is 7.16. The maximum Gasteiger partial charge on any atom is 0.251 e. The van der Waals surface area contributed by atoms with Crippen LogP contribution < -0.4 is 11.1 Å². The van der Waals surface area contributed by atoms with Crippen molar-refractivity contribution >= 4 is 21.8 Å². The van der Waals surface area contributed by atoms with Gasteiger partial charge in [-0.2, -0.15) is 0 Å². The molecule has 0 spiro atoms. The molecule has 4 nitrogen and oxygen atoms in total. The number of carbonyl (C=O) groups is 1. The van der Waals surface area contributed by atoms with E-state index in [-0.39, 0.29) is 5.91 Å². The van der Waals surface area contributed by atoms with Crippen LogP contribution in [0.25, 0.3) is 0 Å². The standard InChI is InChI=1S/C15H16BrN3O/c16-13-3-1-11(2-4-13)5-7-19-15(20)12-6-8-18-14(9-12)10-17/h1-4,6,8-9H,5,7,10,17H2,(H,19,20). The summed E-state index contributed by atoms with van der Waals surface area (Å²) in [7, 11) is 0. The quantitative estimate of drug-likeness (QED) is 0.881. The van der Waals surface area contributed by atoms with Gasteiger partial charge in [0.2, 0.25) is 0 Å². The average Bonchev–Trinajstić information content (AvgIpc) is 2.49. The zero-order valence-electron chi connectivity index (χ0n) is 11.0. The highest BCUT2D eigenvalue weighted by molar-refractivity contribution is 9.10. The van der Waals surface area contributed by atoms with Crippen molar-refractivity contribution in [3.8, 4) is 0 Å². The topological polar surface area (TPSA) is 68.0 Å². The Morgan fingerprint density at radius 1 is 1.25 bits per heavy atom. The largest absolute Gasteiger partial charge is 0.352 e. The average molecular weight is 334 g/mol. The summed E-state index contributed by atoms with van der Waals surface area (Å²) in [4.78, 5) is 16.0. The SMILES string of the molecule is NCc1cc(C(=O)NCCc2ccc(Br)cc2)ccn1. The number of hydrogen-bond donors (Lipinski definition) is 2. The van der Waals surface area contributed by atoms with E-state index in [0.717, 1.165) is 10.9 Å². The number of nitrogens with one attached hydrogen (secondary N) is 1. The van der Waals surface area contributed by atoms with Gasteiger partial charge in [0.15, 0.2) is 0 Å². The molecule has 1 amide bonds. The minimum absolute atomic E-state index is 0.0980. The lowest BCUT2D eigenvalue weighted by Crippen LogP contribution is -2.26. The molecule has 1 heterocycles. The molecule has 0 aliphatic heterocycles. The van der Waals surface area contributed by atoms with Gasteiger partial charge in [-0.1, -0.05) is 28.1 Å². The van der Waals surface area contributed by atoms with Crippen LogP contribution in [0.3, 0.4) is 0 Å². The van der Waals surface area contributed by atoms with Crippen molar-refractivity contribution in [2.45, 2.75) is 13.0 Å². The minimum atomic E-state index is -0.0980. The number of nitrogens with two attached hydrogens (primary N) is 1. The van der Waals surface area contributed by atoms with Crippen LogP contribution in [0.2, 0.25) is 0 Å². The molecule has 0 aliphatic rings. The second-order valence-corrected chi connectivity index (χ2v) is 5.29. The second kappa shape index (κ2) is 7.17.